The van der Waals surface area contributed by atoms with Crippen molar-refractivity contribution in [1.29, 1.82) is 0 Å². The highest BCUT2D eigenvalue weighted by Gasteiger charge is 2.34. The number of ether oxygens (including phenoxy) is 1. The molecular weight excluding hydrogens is 546 g/mol. The molecule has 1 aliphatic heterocycles. The number of para-hydroxylation sites is 2. The number of aromatic nitrogens is 3. The average molecular weight is 568 g/mol. The highest BCUT2D eigenvalue weighted by Crippen LogP contribution is 2.32. The molecule has 8 nitrogen and oxygen atoms in total. The number of benzene rings is 3. The maximum atomic E-state index is 13.6. The van der Waals surface area contributed by atoms with E-state index in [9.17, 15) is 9.59 Å². The van der Waals surface area contributed by atoms with E-state index in [0.29, 0.717) is 22.4 Å². The van der Waals surface area contributed by atoms with Crippen molar-refractivity contribution >= 4 is 72.1 Å². The molecule has 38 heavy (non-hydrogen) atoms. The van der Waals surface area contributed by atoms with Crippen LogP contribution in [-0.2, 0) is 16.1 Å². The van der Waals surface area contributed by atoms with Crippen LogP contribution in [0.15, 0.2) is 81.9 Å². The molecule has 0 saturated carbocycles. The van der Waals surface area contributed by atoms with Crippen LogP contribution in [0, 0.1) is 0 Å². The number of fused-ring (bicyclic) bond motifs is 4. The van der Waals surface area contributed by atoms with Crippen molar-refractivity contribution in [3.05, 3.63) is 82.3 Å². The van der Waals surface area contributed by atoms with Crippen LogP contribution in [0.5, 0.6) is 5.75 Å². The topological polar surface area (TPSA) is 89.7 Å². The van der Waals surface area contributed by atoms with Gasteiger partial charge in [-0.1, -0.05) is 40.2 Å². The third-order valence-corrected chi connectivity index (χ3v) is 7.25. The number of carbonyl (C=O) groups excluding carboxylic acids is 2. The predicted molar refractivity (Wildman–Crippen MR) is 151 cm³/mol. The van der Waals surface area contributed by atoms with Crippen LogP contribution in [0.2, 0.25) is 0 Å². The fourth-order valence-corrected chi connectivity index (χ4v) is 5.22. The van der Waals surface area contributed by atoms with Gasteiger partial charge in [0.15, 0.2) is 5.65 Å². The molecule has 188 valence electrons. The largest absolute Gasteiger partial charge is 0.497 e. The smallest absolute Gasteiger partial charge is 0.283 e. The summed E-state index contributed by atoms with van der Waals surface area (Å²) in [6.45, 7) is 3.47. The number of rotatable bonds is 4. The summed E-state index contributed by atoms with van der Waals surface area (Å²) in [4.78, 5) is 36.7. The number of halogens is 1. The van der Waals surface area contributed by atoms with Gasteiger partial charge in [0.2, 0.25) is 0 Å². The van der Waals surface area contributed by atoms with Gasteiger partial charge in [0, 0.05) is 9.86 Å². The second-order valence-electron chi connectivity index (χ2n) is 9.06. The van der Waals surface area contributed by atoms with Gasteiger partial charge >= 0.3 is 0 Å². The lowest BCUT2D eigenvalue weighted by Crippen LogP contribution is -2.32. The average Bonchev–Trinajstić information content (AvgIpc) is 3.39. The zero-order valence-electron chi connectivity index (χ0n) is 20.9. The minimum atomic E-state index is -0.455. The van der Waals surface area contributed by atoms with Crippen molar-refractivity contribution in [2.75, 3.05) is 7.11 Å². The van der Waals surface area contributed by atoms with Gasteiger partial charge in [-0.25, -0.2) is 9.97 Å². The van der Waals surface area contributed by atoms with Crippen molar-refractivity contribution in [3.63, 3.8) is 0 Å². The number of hydrogen-bond acceptors (Lipinski definition) is 6. The van der Waals surface area contributed by atoms with Gasteiger partial charge in [-0.15, -0.1) is 0 Å². The Balaban J connectivity index is 1.40. The van der Waals surface area contributed by atoms with Crippen molar-refractivity contribution in [3.8, 4) is 5.75 Å². The Bertz CT molecular complexity index is 1850. The van der Waals surface area contributed by atoms with Crippen molar-refractivity contribution in [1.82, 2.24) is 19.5 Å². The summed E-state index contributed by atoms with van der Waals surface area (Å²) in [5, 5.41) is 6.17. The van der Waals surface area contributed by atoms with Gasteiger partial charge in [-0.05, 0) is 67.4 Å². The van der Waals surface area contributed by atoms with Gasteiger partial charge in [0.25, 0.3) is 11.8 Å². The molecule has 3 aromatic carbocycles. The lowest BCUT2D eigenvalue weighted by Gasteiger charge is -2.13. The molecule has 0 radical (unpaired) electrons. The summed E-state index contributed by atoms with van der Waals surface area (Å²) in [7, 11) is 1.60. The van der Waals surface area contributed by atoms with Gasteiger partial charge in [0.1, 0.15) is 17.8 Å². The molecule has 2 amide bonds. The van der Waals surface area contributed by atoms with E-state index in [-0.39, 0.29) is 6.54 Å². The lowest BCUT2D eigenvalue weighted by molar-refractivity contribution is -0.141. The molecule has 0 N–H and O–H groups in total. The molecule has 6 rings (SSSR count). The van der Waals surface area contributed by atoms with Crippen LogP contribution >= 0.6 is 15.9 Å². The molecule has 2 aromatic heterocycles. The van der Waals surface area contributed by atoms with E-state index < -0.39 is 11.8 Å². The first-order chi connectivity index (χ1) is 18.4. The molecule has 0 spiro atoms. The molecule has 0 atom stereocenters. The number of hydrazone groups is 1. The highest BCUT2D eigenvalue weighted by molar-refractivity contribution is 9.10. The van der Waals surface area contributed by atoms with Gasteiger partial charge in [0.05, 0.1) is 34.9 Å². The Morgan fingerprint density at radius 2 is 1.71 bits per heavy atom. The number of hydrogen-bond donors (Lipinski definition) is 0. The van der Waals surface area contributed by atoms with Crippen LogP contribution in [0.25, 0.3) is 38.7 Å². The lowest BCUT2D eigenvalue weighted by atomic mass is 9.98. The first-order valence-electron chi connectivity index (χ1n) is 12.0. The van der Waals surface area contributed by atoms with Crippen LogP contribution in [0.4, 0.5) is 0 Å². The van der Waals surface area contributed by atoms with E-state index in [4.69, 9.17) is 14.7 Å². The molecule has 1 aliphatic rings. The standard InChI is InChI=1S/C29H22BrN5O3/c1-16(18-8-11-20(38-3)12-9-18)26-17(2)33-35(29(26)37)25(36)15-34-24-13-10-19(30)14-21(24)27-28(34)32-23-7-5-4-6-22(23)31-27/h4-14H,15H2,1-3H3/b26-16-. The summed E-state index contributed by atoms with van der Waals surface area (Å²) in [6.07, 6.45) is 0. The van der Waals surface area contributed by atoms with Crippen molar-refractivity contribution in [2.45, 2.75) is 20.4 Å². The molecule has 0 unspecified atom stereocenters. The minimum absolute atomic E-state index is 0.119. The molecule has 9 heteroatoms. The highest BCUT2D eigenvalue weighted by atomic mass is 79.9. The van der Waals surface area contributed by atoms with Gasteiger partial charge < -0.3 is 9.30 Å². The first kappa shape index (κ1) is 24.0. The second kappa shape index (κ2) is 9.18. The zero-order chi connectivity index (χ0) is 26.6. The number of nitrogens with zero attached hydrogens (tertiary/aromatic N) is 5. The van der Waals surface area contributed by atoms with Crippen LogP contribution in [-0.4, -0.2) is 44.2 Å². The van der Waals surface area contributed by atoms with E-state index in [1.807, 2.05) is 73.7 Å². The van der Waals surface area contributed by atoms with Crippen LogP contribution in [0.3, 0.4) is 0 Å². The SMILES string of the molecule is COc1ccc(/C(C)=C2\C(=O)N(C(=O)Cn3c4ccc(Br)cc4c4nc5ccccc5nc43)N=C2C)cc1. The molecule has 0 fully saturated rings. The number of imide groups is 1. The molecule has 3 heterocycles. The number of carbonyl (C=O) groups is 2. The maximum absolute atomic E-state index is 13.6. The quantitative estimate of drug-likeness (QED) is 0.259. The molecule has 0 bridgehead atoms. The van der Waals surface area contributed by atoms with Gasteiger partial charge in [-0.2, -0.15) is 10.1 Å². The van der Waals surface area contributed by atoms with Crippen molar-refractivity contribution in [2.24, 2.45) is 5.10 Å². The predicted octanol–water partition coefficient (Wildman–Crippen LogP) is 5.73. The maximum Gasteiger partial charge on any atom is 0.283 e. The van der Waals surface area contributed by atoms with E-state index in [1.165, 1.54) is 0 Å². The van der Waals surface area contributed by atoms with Crippen LogP contribution < -0.4 is 4.74 Å². The molecule has 0 aliphatic carbocycles. The Labute approximate surface area is 226 Å². The Kier molecular flexibility index (Phi) is 5.80. The molecule has 5 aromatic rings. The number of amides is 2. The van der Waals surface area contributed by atoms with E-state index in [2.05, 4.69) is 21.0 Å². The summed E-state index contributed by atoms with van der Waals surface area (Å²) in [6, 6.07) is 20.8. The van der Waals surface area contributed by atoms with E-state index in [0.717, 1.165) is 48.3 Å². The first-order valence-corrected chi connectivity index (χ1v) is 12.8. The molecule has 0 saturated heterocycles. The Hall–Kier alpha value is -4.37. The van der Waals surface area contributed by atoms with Gasteiger partial charge in [-0.3, -0.25) is 9.59 Å². The third kappa shape index (κ3) is 3.86. The Morgan fingerprint density at radius 3 is 2.42 bits per heavy atom. The third-order valence-electron chi connectivity index (χ3n) is 6.76. The summed E-state index contributed by atoms with van der Waals surface area (Å²) < 4.78 is 7.93. The number of allylic oxidation sites excluding steroid dienone is 1. The fourth-order valence-electron chi connectivity index (χ4n) is 4.86. The number of methoxy groups -OCH3 is 1. The minimum Gasteiger partial charge on any atom is -0.497 e. The summed E-state index contributed by atoms with van der Waals surface area (Å²) >= 11 is 3.54. The monoisotopic (exact) mass is 567 g/mol. The van der Waals surface area contributed by atoms with Crippen LogP contribution in [0.1, 0.15) is 19.4 Å². The second-order valence-corrected chi connectivity index (χ2v) is 9.97. The molecular formula is C29H22BrN5O3. The van der Waals surface area contributed by atoms with E-state index in [1.54, 1.807) is 18.6 Å². The Morgan fingerprint density at radius 1 is 1.00 bits per heavy atom. The van der Waals surface area contributed by atoms with E-state index >= 15 is 0 Å². The fraction of sp³-hybridized carbons (Fsp3) is 0.138. The normalized spacial score (nSPS) is 15.0. The zero-order valence-corrected chi connectivity index (χ0v) is 22.5. The van der Waals surface area contributed by atoms with Crippen molar-refractivity contribution < 1.29 is 14.3 Å². The summed E-state index contributed by atoms with van der Waals surface area (Å²) in [5.74, 6) is -0.176. The summed E-state index contributed by atoms with van der Waals surface area (Å²) in [5.41, 5.74) is 6.06.